The minimum atomic E-state index is -0.0994. The van der Waals surface area contributed by atoms with Gasteiger partial charge in [0.2, 0.25) is 5.69 Å². The summed E-state index contributed by atoms with van der Waals surface area (Å²) in [6.07, 6.45) is 0. The molecule has 9 heteroatoms. The molecule has 0 fully saturated rings. The summed E-state index contributed by atoms with van der Waals surface area (Å²) in [6.45, 7) is 0.186. The molecule has 0 unspecified atom stereocenters. The zero-order chi connectivity index (χ0) is 22.7. The second-order valence-corrected chi connectivity index (χ2v) is 7.62. The number of aromatic nitrogens is 3. The van der Waals surface area contributed by atoms with E-state index < -0.39 is 0 Å². The first-order chi connectivity index (χ1) is 15.5. The van der Waals surface area contributed by atoms with Gasteiger partial charge in [-0.1, -0.05) is 47.5 Å². The number of benzene rings is 2. The first kappa shape index (κ1) is 21.5. The Bertz CT molecular complexity index is 1280. The lowest BCUT2D eigenvalue weighted by molar-refractivity contribution is 0.266. The van der Waals surface area contributed by atoms with Gasteiger partial charge >= 0.3 is 0 Å². The normalized spacial score (nSPS) is 10.7. The maximum atomic E-state index is 9.77. The molecule has 0 saturated heterocycles. The third kappa shape index (κ3) is 4.47. The van der Waals surface area contributed by atoms with Crippen molar-refractivity contribution in [1.82, 2.24) is 14.5 Å². The van der Waals surface area contributed by atoms with Crippen molar-refractivity contribution >= 4 is 23.2 Å². The molecule has 0 aliphatic carbocycles. The van der Waals surface area contributed by atoms with Crippen LogP contribution >= 0.6 is 23.2 Å². The summed E-state index contributed by atoms with van der Waals surface area (Å²) in [5, 5.41) is 30.3. The molecule has 4 rings (SSSR count). The monoisotopic (exact) mass is 466 g/mol. The Balaban J connectivity index is 1.74. The Morgan fingerprint density at radius 3 is 1.81 bits per heavy atom. The summed E-state index contributed by atoms with van der Waals surface area (Å²) in [5.41, 5.74) is 2.48. The molecular weight excluding hydrogens is 451 g/mol. The molecule has 2 aromatic carbocycles. The number of aromatic hydroxyl groups is 2. The van der Waals surface area contributed by atoms with E-state index in [0.29, 0.717) is 21.4 Å². The third-order valence-corrected chi connectivity index (χ3v) is 5.20. The Labute approximate surface area is 193 Å². The molecule has 32 heavy (non-hydrogen) atoms. The van der Waals surface area contributed by atoms with Crippen molar-refractivity contribution in [3.8, 4) is 46.2 Å². The van der Waals surface area contributed by atoms with E-state index in [1.807, 2.05) is 6.07 Å². The highest BCUT2D eigenvalue weighted by molar-refractivity contribution is 6.31. The number of nitrogens with zero attached hydrogens (tertiary/aromatic N) is 4. The molecule has 0 spiro atoms. The highest BCUT2D eigenvalue weighted by Gasteiger charge is 2.18. The molecule has 0 aliphatic rings. The lowest BCUT2D eigenvalue weighted by Crippen LogP contribution is -2.10. The fourth-order valence-electron chi connectivity index (χ4n) is 3.12. The van der Waals surface area contributed by atoms with Crippen LogP contribution in [0.3, 0.4) is 0 Å². The van der Waals surface area contributed by atoms with Crippen LogP contribution in [0.1, 0.15) is 5.69 Å². The van der Waals surface area contributed by atoms with Crippen LogP contribution in [0.15, 0.2) is 60.7 Å². The van der Waals surface area contributed by atoms with Gasteiger partial charge in [0.05, 0.1) is 12.2 Å². The second-order valence-electron chi connectivity index (χ2n) is 6.75. The van der Waals surface area contributed by atoms with Gasteiger partial charge in [0, 0.05) is 33.3 Å². The van der Waals surface area contributed by atoms with Crippen molar-refractivity contribution in [3.63, 3.8) is 0 Å². The van der Waals surface area contributed by atoms with Crippen LogP contribution in [0.25, 0.3) is 22.5 Å². The smallest absolute Gasteiger partial charge is 0.251 e. The van der Waals surface area contributed by atoms with Gasteiger partial charge in [-0.3, -0.25) is 4.57 Å². The minimum Gasteiger partial charge on any atom is -0.494 e. The second kappa shape index (κ2) is 9.18. The molecule has 4 aromatic rings. The van der Waals surface area contributed by atoms with Gasteiger partial charge in [0.15, 0.2) is 11.8 Å². The summed E-state index contributed by atoms with van der Waals surface area (Å²) >= 11 is 12.1. The van der Waals surface area contributed by atoms with Crippen LogP contribution in [-0.4, -0.2) is 31.4 Å². The zero-order valence-corrected chi connectivity index (χ0v) is 18.0. The van der Waals surface area contributed by atoms with Crippen LogP contribution in [0.4, 0.5) is 0 Å². The molecule has 0 radical (unpaired) electrons. The Kier molecular flexibility index (Phi) is 6.17. The third-order valence-electron chi connectivity index (χ3n) is 4.69. The number of ether oxygens (including phenoxy) is 1. The van der Waals surface area contributed by atoms with Crippen LogP contribution in [0.2, 0.25) is 10.0 Å². The Morgan fingerprint density at radius 2 is 1.31 bits per heavy atom. The molecule has 160 valence electrons. The standard InChI is InChI=1S/C23H16Cl2N4O3/c24-16-5-1-14(2-6-16)21-22(15-3-7-17(25)8-4-15)28-23(18(13-26)27-21)32-12-11-29-19(30)9-10-20(29)31/h1-10,30-31H,11-12H2. The van der Waals surface area contributed by atoms with Crippen molar-refractivity contribution in [2.24, 2.45) is 0 Å². The van der Waals surface area contributed by atoms with Crippen molar-refractivity contribution in [1.29, 1.82) is 5.26 Å². The van der Waals surface area contributed by atoms with E-state index in [1.165, 1.54) is 16.7 Å². The van der Waals surface area contributed by atoms with Gasteiger partial charge in [-0.05, 0) is 24.3 Å². The number of hydrogen-bond acceptors (Lipinski definition) is 6. The summed E-state index contributed by atoms with van der Waals surface area (Å²) in [4.78, 5) is 9.10. The van der Waals surface area contributed by atoms with Gasteiger partial charge in [0.1, 0.15) is 18.4 Å². The molecule has 0 atom stereocenters. The van der Waals surface area contributed by atoms with Crippen molar-refractivity contribution < 1.29 is 14.9 Å². The fraction of sp³-hybridized carbons (Fsp3) is 0.0870. The van der Waals surface area contributed by atoms with Gasteiger partial charge in [-0.15, -0.1) is 0 Å². The van der Waals surface area contributed by atoms with E-state index in [4.69, 9.17) is 27.9 Å². The topological polar surface area (TPSA) is 104 Å². The average Bonchev–Trinajstić information content (AvgIpc) is 3.12. The number of rotatable bonds is 6. The van der Waals surface area contributed by atoms with E-state index in [0.717, 1.165) is 11.1 Å². The predicted octanol–water partition coefficient (Wildman–Crippen LogP) is 5.28. The fourth-order valence-corrected chi connectivity index (χ4v) is 3.37. The van der Waals surface area contributed by atoms with Crippen molar-refractivity contribution in [2.45, 2.75) is 6.54 Å². The summed E-state index contributed by atoms with van der Waals surface area (Å²) < 4.78 is 6.99. The van der Waals surface area contributed by atoms with Crippen molar-refractivity contribution in [2.75, 3.05) is 6.61 Å². The number of hydrogen-bond donors (Lipinski definition) is 2. The molecule has 2 heterocycles. The van der Waals surface area contributed by atoms with E-state index in [1.54, 1.807) is 48.5 Å². The molecule has 2 N–H and O–H groups in total. The van der Waals surface area contributed by atoms with Gasteiger partial charge in [-0.2, -0.15) is 5.26 Å². The predicted molar refractivity (Wildman–Crippen MR) is 121 cm³/mol. The quantitative estimate of drug-likeness (QED) is 0.400. The summed E-state index contributed by atoms with van der Waals surface area (Å²) in [5.74, 6) is -0.156. The maximum Gasteiger partial charge on any atom is 0.251 e. The van der Waals surface area contributed by atoms with Crippen molar-refractivity contribution in [3.05, 3.63) is 76.4 Å². The molecule has 0 saturated carbocycles. The van der Waals surface area contributed by atoms with Crippen LogP contribution < -0.4 is 4.74 Å². The minimum absolute atomic E-state index is 0.00798. The molecule has 0 bridgehead atoms. The number of nitriles is 1. The molecule has 2 aromatic heterocycles. The zero-order valence-electron chi connectivity index (χ0n) is 16.5. The lowest BCUT2D eigenvalue weighted by Gasteiger charge is -2.14. The largest absolute Gasteiger partial charge is 0.494 e. The SMILES string of the molecule is N#Cc1nc(-c2ccc(Cl)cc2)c(-c2ccc(Cl)cc2)nc1OCCn1c(O)ccc1O. The van der Waals surface area contributed by atoms with E-state index in [2.05, 4.69) is 9.97 Å². The van der Waals surface area contributed by atoms with E-state index in [-0.39, 0.29) is 36.5 Å². The highest BCUT2D eigenvalue weighted by atomic mass is 35.5. The Hall–Kier alpha value is -3.73. The van der Waals surface area contributed by atoms with Crippen LogP contribution in [-0.2, 0) is 6.54 Å². The molecular formula is C23H16Cl2N4O3. The van der Waals surface area contributed by atoms with Crippen LogP contribution in [0, 0.1) is 11.3 Å². The molecule has 0 amide bonds. The van der Waals surface area contributed by atoms with Gasteiger partial charge in [0.25, 0.3) is 5.88 Å². The van der Waals surface area contributed by atoms with Gasteiger partial charge in [-0.25, -0.2) is 9.97 Å². The van der Waals surface area contributed by atoms with E-state index in [9.17, 15) is 15.5 Å². The maximum absolute atomic E-state index is 9.77. The summed E-state index contributed by atoms with van der Waals surface area (Å²) in [7, 11) is 0. The highest BCUT2D eigenvalue weighted by Crippen LogP contribution is 2.33. The first-order valence-electron chi connectivity index (χ1n) is 9.50. The summed E-state index contributed by atoms with van der Waals surface area (Å²) in [6, 6.07) is 18.9. The average molecular weight is 467 g/mol. The first-order valence-corrected chi connectivity index (χ1v) is 10.3. The number of halogens is 2. The molecule has 7 nitrogen and oxygen atoms in total. The lowest BCUT2D eigenvalue weighted by atomic mass is 10.0. The molecule has 0 aliphatic heterocycles. The Morgan fingerprint density at radius 1 is 0.812 bits per heavy atom. The van der Waals surface area contributed by atoms with Crippen LogP contribution in [0.5, 0.6) is 17.6 Å². The van der Waals surface area contributed by atoms with Gasteiger partial charge < -0.3 is 14.9 Å². The van der Waals surface area contributed by atoms with E-state index >= 15 is 0 Å².